The van der Waals surface area contributed by atoms with Crippen LogP contribution in [0.25, 0.3) is 0 Å². The van der Waals surface area contributed by atoms with Crippen molar-refractivity contribution in [3.8, 4) is 0 Å². The molecule has 29 heavy (non-hydrogen) atoms. The normalized spacial score (nSPS) is 13.3. The smallest absolute Gasteiger partial charge is 0.348 e. The third kappa shape index (κ3) is 6.19. The molecular formula is C23H26O5S. The van der Waals surface area contributed by atoms with E-state index in [1.54, 1.807) is 76.2 Å². The molecule has 0 aliphatic carbocycles. The van der Waals surface area contributed by atoms with E-state index in [9.17, 15) is 14.4 Å². The van der Waals surface area contributed by atoms with Crippen molar-refractivity contribution >= 4 is 29.5 Å². The number of ketones is 1. The maximum atomic E-state index is 12.9. The lowest BCUT2D eigenvalue weighted by Crippen LogP contribution is -2.41. The first-order chi connectivity index (χ1) is 13.6. The summed E-state index contributed by atoms with van der Waals surface area (Å²) < 4.78 is 11.0. The molecule has 0 spiro atoms. The SMILES string of the molecule is CSc1ccccc1C(=O)OC(C(=O)OC(C)(C)C)C(C)C(=O)c1ccccc1. The van der Waals surface area contributed by atoms with E-state index in [2.05, 4.69) is 0 Å². The van der Waals surface area contributed by atoms with E-state index in [0.29, 0.717) is 11.1 Å². The van der Waals surface area contributed by atoms with Crippen molar-refractivity contribution in [2.75, 3.05) is 6.26 Å². The van der Waals surface area contributed by atoms with E-state index in [-0.39, 0.29) is 5.78 Å². The van der Waals surface area contributed by atoms with E-state index in [1.165, 1.54) is 11.8 Å². The number of rotatable bonds is 7. The second-order valence-electron chi connectivity index (χ2n) is 7.58. The molecule has 2 aromatic carbocycles. The minimum absolute atomic E-state index is 0.299. The standard InChI is InChI=1S/C23H26O5S/c1-15(19(24)16-11-7-6-8-12-16)20(22(26)28-23(2,3)4)27-21(25)17-13-9-10-14-18(17)29-5/h6-15,20H,1-5H3. The molecule has 0 radical (unpaired) electrons. The number of thioether (sulfide) groups is 1. The van der Waals surface area contributed by atoms with Gasteiger partial charge in [-0.3, -0.25) is 4.79 Å². The van der Waals surface area contributed by atoms with Gasteiger partial charge in [0.15, 0.2) is 5.78 Å². The Hall–Kier alpha value is -2.60. The van der Waals surface area contributed by atoms with Crippen LogP contribution in [-0.4, -0.2) is 35.7 Å². The van der Waals surface area contributed by atoms with Crippen molar-refractivity contribution in [2.24, 2.45) is 5.92 Å². The molecule has 0 saturated heterocycles. The summed E-state index contributed by atoms with van der Waals surface area (Å²) in [5.74, 6) is -2.62. The van der Waals surface area contributed by atoms with Gasteiger partial charge in [-0.15, -0.1) is 11.8 Å². The fourth-order valence-electron chi connectivity index (χ4n) is 2.71. The third-order valence-electron chi connectivity index (χ3n) is 4.13. The Morgan fingerprint density at radius 3 is 2.10 bits per heavy atom. The van der Waals surface area contributed by atoms with Gasteiger partial charge in [0.05, 0.1) is 11.5 Å². The molecule has 0 aromatic heterocycles. The second kappa shape index (κ2) is 9.74. The van der Waals surface area contributed by atoms with Crippen molar-refractivity contribution < 1.29 is 23.9 Å². The molecule has 2 atom stereocenters. The van der Waals surface area contributed by atoms with Crippen molar-refractivity contribution in [3.63, 3.8) is 0 Å². The van der Waals surface area contributed by atoms with E-state index in [0.717, 1.165) is 4.90 Å². The van der Waals surface area contributed by atoms with E-state index in [1.807, 2.05) is 12.3 Å². The molecule has 6 heteroatoms. The summed E-state index contributed by atoms with van der Waals surface area (Å²) in [5, 5.41) is 0. The van der Waals surface area contributed by atoms with Gasteiger partial charge in [-0.1, -0.05) is 49.4 Å². The molecule has 2 rings (SSSR count). The Morgan fingerprint density at radius 1 is 0.931 bits per heavy atom. The highest BCUT2D eigenvalue weighted by Gasteiger charge is 2.37. The molecule has 2 aromatic rings. The van der Waals surface area contributed by atoms with Crippen molar-refractivity contribution in [1.29, 1.82) is 0 Å². The quantitative estimate of drug-likeness (QED) is 0.368. The average molecular weight is 415 g/mol. The maximum Gasteiger partial charge on any atom is 0.348 e. The van der Waals surface area contributed by atoms with Gasteiger partial charge in [0.1, 0.15) is 5.60 Å². The lowest BCUT2D eigenvalue weighted by molar-refractivity contribution is -0.167. The molecule has 0 amide bonds. The van der Waals surface area contributed by atoms with Crippen molar-refractivity contribution in [3.05, 3.63) is 65.7 Å². The van der Waals surface area contributed by atoms with Crippen LogP contribution in [0.5, 0.6) is 0 Å². The molecular weight excluding hydrogens is 388 g/mol. The Bertz CT molecular complexity index is 870. The monoisotopic (exact) mass is 414 g/mol. The van der Waals surface area contributed by atoms with Crippen LogP contribution in [0.3, 0.4) is 0 Å². The van der Waals surface area contributed by atoms with Gasteiger partial charge in [0.2, 0.25) is 6.10 Å². The average Bonchev–Trinajstić information content (AvgIpc) is 2.70. The number of ether oxygens (including phenoxy) is 2. The van der Waals surface area contributed by atoms with Crippen LogP contribution in [0.15, 0.2) is 59.5 Å². The molecule has 0 fully saturated rings. The molecule has 0 bridgehead atoms. The predicted octanol–water partition coefficient (Wildman–Crippen LogP) is 4.79. The zero-order valence-corrected chi connectivity index (χ0v) is 18.1. The predicted molar refractivity (Wildman–Crippen MR) is 113 cm³/mol. The molecule has 0 saturated carbocycles. The summed E-state index contributed by atoms with van der Waals surface area (Å²) in [6.07, 6.45) is 0.489. The number of carbonyl (C=O) groups excluding carboxylic acids is 3. The third-order valence-corrected chi connectivity index (χ3v) is 4.92. The van der Waals surface area contributed by atoms with Gasteiger partial charge in [-0.2, -0.15) is 0 Å². The van der Waals surface area contributed by atoms with Gasteiger partial charge in [-0.05, 0) is 39.2 Å². The molecule has 2 unspecified atom stereocenters. The van der Waals surface area contributed by atoms with Crippen LogP contribution in [0.2, 0.25) is 0 Å². The van der Waals surface area contributed by atoms with Gasteiger partial charge in [0.25, 0.3) is 0 Å². The zero-order valence-electron chi connectivity index (χ0n) is 17.3. The minimum atomic E-state index is -1.36. The lowest BCUT2D eigenvalue weighted by Gasteiger charge is -2.27. The summed E-state index contributed by atoms with van der Waals surface area (Å²) in [5.41, 5.74) is -0.00363. The summed E-state index contributed by atoms with van der Waals surface area (Å²) >= 11 is 1.40. The van der Waals surface area contributed by atoms with Crippen LogP contribution in [-0.2, 0) is 14.3 Å². The Labute approximate surface area is 175 Å². The van der Waals surface area contributed by atoms with Gasteiger partial charge in [-0.25, -0.2) is 9.59 Å². The summed E-state index contributed by atoms with van der Waals surface area (Å²) in [4.78, 5) is 39.2. The van der Waals surface area contributed by atoms with Gasteiger partial charge >= 0.3 is 11.9 Å². The first-order valence-electron chi connectivity index (χ1n) is 9.30. The first kappa shape index (κ1) is 22.7. The number of carbonyl (C=O) groups is 3. The van der Waals surface area contributed by atoms with Crippen LogP contribution >= 0.6 is 11.8 Å². The van der Waals surface area contributed by atoms with E-state index < -0.39 is 29.6 Å². The highest BCUT2D eigenvalue weighted by atomic mass is 32.2. The molecule has 0 aliphatic rings. The van der Waals surface area contributed by atoms with Crippen LogP contribution in [0, 0.1) is 5.92 Å². The van der Waals surface area contributed by atoms with E-state index in [4.69, 9.17) is 9.47 Å². The summed E-state index contributed by atoms with van der Waals surface area (Å²) in [6, 6.07) is 15.6. The fourth-order valence-corrected chi connectivity index (χ4v) is 3.29. The summed E-state index contributed by atoms with van der Waals surface area (Å²) in [7, 11) is 0. The van der Waals surface area contributed by atoms with Crippen LogP contribution in [0.4, 0.5) is 0 Å². The van der Waals surface area contributed by atoms with Crippen molar-refractivity contribution in [2.45, 2.75) is 44.3 Å². The highest BCUT2D eigenvalue weighted by molar-refractivity contribution is 7.98. The Balaban J connectivity index is 2.33. The van der Waals surface area contributed by atoms with E-state index >= 15 is 0 Å². The maximum absolute atomic E-state index is 12.9. The fraction of sp³-hybridized carbons (Fsp3) is 0.348. The molecule has 5 nitrogen and oxygen atoms in total. The highest BCUT2D eigenvalue weighted by Crippen LogP contribution is 2.24. The largest absolute Gasteiger partial charge is 0.457 e. The van der Waals surface area contributed by atoms with Crippen LogP contribution < -0.4 is 0 Å². The van der Waals surface area contributed by atoms with Crippen molar-refractivity contribution in [1.82, 2.24) is 0 Å². The van der Waals surface area contributed by atoms with Crippen LogP contribution in [0.1, 0.15) is 48.4 Å². The lowest BCUT2D eigenvalue weighted by atomic mass is 9.94. The number of Topliss-reactive ketones (excluding diaryl/α,β-unsaturated/α-hetero) is 1. The number of esters is 2. The zero-order chi connectivity index (χ0) is 21.6. The number of benzene rings is 2. The number of hydrogen-bond acceptors (Lipinski definition) is 6. The first-order valence-corrected chi connectivity index (χ1v) is 10.5. The van der Waals surface area contributed by atoms with Gasteiger partial charge < -0.3 is 9.47 Å². The molecule has 0 N–H and O–H groups in total. The molecule has 0 heterocycles. The number of hydrogen-bond donors (Lipinski definition) is 0. The second-order valence-corrected chi connectivity index (χ2v) is 8.43. The topological polar surface area (TPSA) is 69.7 Å². The Kier molecular flexibility index (Phi) is 7.62. The molecule has 0 aliphatic heterocycles. The minimum Gasteiger partial charge on any atom is -0.457 e. The Morgan fingerprint density at radius 2 is 1.52 bits per heavy atom. The van der Waals surface area contributed by atoms with Gasteiger partial charge in [0, 0.05) is 10.5 Å². The molecule has 154 valence electrons. The summed E-state index contributed by atoms with van der Waals surface area (Å²) in [6.45, 7) is 6.72.